The minimum atomic E-state index is -0.147. The van der Waals surface area contributed by atoms with Crippen molar-refractivity contribution < 1.29 is 0 Å². The Morgan fingerprint density at radius 2 is 0.689 bits per heavy atom. The first-order chi connectivity index (χ1) is 36.0. The van der Waals surface area contributed by atoms with E-state index in [0.717, 1.165) is 94.7 Å². The van der Waals surface area contributed by atoms with E-state index in [1.165, 1.54) is 48.8 Å². The summed E-state index contributed by atoms with van der Waals surface area (Å²) in [6, 6.07) is 75.5. The van der Waals surface area contributed by atoms with Crippen molar-refractivity contribution in [2.75, 3.05) is 9.80 Å². The molecule has 0 fully saturated rings. The van der Waals surface area contributed by atoms with E-state index >= 15 is 0 Å². The van der Waals surface area contributed by atoms with Crippen LogP contribution in [0.4, 0.5) is 34.1 Å². The normalized spacial score (nSPS) is 12.7. The highest BCUT2D eigenvalue weighted by Gasteiger charge is 2.32. The van der Waals surface area contributed by atoms with Crippen LogP contribution in [-0.2, 0) is 10.8 Å². The van der Waals surface area contributed by atoms with Gasteiger partial charge in [0.1, 0.15) is 11.0 Å². The predicted octanol–water partition coefficient (Wildman–Crippen LogP) is 18.6. The molecule has 0 N–H and O–H groups in total. The van der Waals surface area contributed by atoms with Gasteiger partial charge in [-0.2, -0.15) is 0 Å². The van der Waals surface area contributed by atoms with Crippen LogP contribution in [0.1, 0.15) is 52.7 Å². The quantitative estimate of drug-likeness (QED) is 0.167. The number of anilines is 6. The fraction of sp³-hybridized carbons (Fsp3) is 0.118. The second-order valence-electron chi connectivity index (χ2n) is 22.3. The summed E-state index contributed by atoms with van der Waals surface area (Å²) in [7, 11) is 0. The monoisotopic (exact) mass is 952 g/mol. The number of benzene rings is 10. The molecule has 6 heteroatoms. The maximum absolute atomic E-state index is 6.07. The van der Waals surface area contributed by atoms with E-state index in [1.54, 1.807) is 0 Å². The molecule has 15 aromatic rings. The van der Waals surface area contributed by atoms with Gasteiger partial charge in [0.25, 0.3) is 0 Å². The highest BCUT2D eigenvalue weighted by Crippen LogP contribution is 2.52. The molecule has 5 heterocycles. The molecule has 0 bridgehead atoms. The minimum absolute atomic E-state index is 0.139. The lowest BCUT2D eigenvalue weighted by Crippen LogP contribution is -2.15. The maximum Gasteiger partial charge on any atom is 0.165 e. The standard InChI is InChI=1S/C68H52N6/c1-67(2,3)43-37-52-51-35-41-23-20-22-34-50(41)58-60-66(73(63(51)58)61(52)55(39-43)71(45-25-11-7-12-26-45)46-27-13-8-14-28-46)69-59-54-36-42-24-19-21-33-49(42)57-53-38-44(68(4,5)6)40-56(62(53)74(64(54)57)65(59)70-60)72(47-29-15-9-16-30-47)48-31-17-10-18-32-48/h7-40H,1-6H3. The molecule has 0 aliphatic carbocycles. The number of hydrogen-bond acceptors (Lipinski definition) is 4. The van der Waals surface area contributed by atoms with E-state index in [-0.39, 0.29) is 10.8 Å². The van der Waals surface area contributed by atoms with Crippen molar-refractivity contribution in [3.05, 3.63) is 217 Å². The molecule has 0 radical (unpaired) electrons. The molecule has 354 valence electrons. The fourth-order valence-corrected chi connectivity index (χ4v) is 12.2. The van der Waals surface area contributed by atoms with Crippen molar-refractivity contribution in [2.24, 2.45) is 0 Å². The van der Waals surface area contributed by atoms with E-state index in [0.29, 0.717) is 0 Å². The summed E-state index contributed by atoms with van der Waals surface area (Å²) in [5.41, 5.74) is 16.7. The Kier molecular flexibility index (Phi) is 8.80. The Morgan fingerprint density at radius 3 is 1.18 bits per heavy atom. The van der Waals surface area contributed by atoms with Crippen LogP contribution in [0.15, 0.2) is 206 Å². The molecule has 0 amide bonds. The zero-order valence-electron chi connectivity index (χ0n) is 42.3. The van der Waals surface area contributed by atoms with Gasteiger partial charge in [0.2, 0.25) is 0 Å². The molecule has 5 aromatic heterocycles. The van der Waals surface area contributed by atoms with Gasteiger partial charge in [-0.05, 0) is 128 Å². The van der Waals surface area contributed by atoms with Crippen LogP contribution in [0.5, 0.6) is 0 Å². The highest BCUT2D eigenvalue weighted by atomic mass is 15.2. The topological polar surface area (TPSA) is 41.1 Å². The van der Waals surface area contributed by atoms with Gasteiger partial charge in [0.15, 0.2) is 11.3 Å². The summed E-state index contributed by atoms with van der Waals surface area (Å²) in [5, 5.41) is 11.8. The largest absolute Gasteiger partial charge is 0.308 e. The summed E-state index contributed by atoms with van der Waals surface area (Å²) >= 11 is 0. The van der Waals surface area contributed by atoms with Crippen molar-refractivity contribution in [3.8, 4) is 0 Å². The molecule has 0 spiro atoms. The second-order valence-corrected chi connectivity index (χ2v) is 22.3. The van der Waals surface area contributed by atoms with Crippen LogP contribution in [-0.4, -0.2) is 18.8 Å². The lowest BCUT2D eigenvalue weighted by Gasteiger charge is -2.29. The lowest BCUT2D eigenvalue weighted by molar-refractivity contribution is 0.591. The molecule has 6 nitrogen and oxygen atoms in total. The average Bonchev–Trinajstić information content (AvgIpc) is 4.14. The summed E-state index contributed by atoms with van der Waals surface area (Å²) in [4.78, 5) is 17.0. The van der Waals surface area contributed by atoms with E-state index in [1.807, 2.05) is 0 Å². The number of hydrogen-bond donors (Lipinski definition) is 0. The molecular formula is C68H52N6. The molecular weight excluding hydrogens is 901 g/mol. The summed E-state index contributed by atoms with van der Waals surface area (Å²) in [6.45, 7) is 13.9. The minimum Gasteiger partial charge on any atom is -0.308 e. The van der Waals surface area contributed by atoms with Crippen LogP contribution < -0.4 is 9.80 Å². The molecule has 0 saturated heterocycles. The molecule has 0 unspecified atom stereocenters. The van der Waals surface area contributed by atoms with Crippen LogP contribution in [0.25, 0.3) is 98.3 Å². The summed E-state index contributed by atoms with van der Waals surface area (Å²) in [6.07, 6.45) is 0. The molecule has 15 rings (SSSR count). The van der Waals surface area contributed by atoms with Gasteiger partial charge in [-0.3, -0.25) is 8.80 Å². The number of nitrogens with zero attached hydrogens (tertiary/aromatic N) is 6. The van der Waals surface area contributed by atoms with Crippen LogP contribution in [0.2, 0.25) is 0 Å². The lowest BCUT2D eigenvalue weighted by atomic mass is 9.85. The highest BCUT2D eigenvalue weighted by molar-refractivity contribution is 6.35. The van der Waals surface area contributed by atoms with Crippen molar-refractivity contribution in [2.45, 2.75) is 52.4 Å². The molecule has 0 saturated carbocycles. The first-order valence-electron chi connectivity index (χ1n) is 25.8. The van der Waals surface area contributed by atoms with Crippen molar-refractivity contribution in [1.29, 1.82) is 0 Å². The Bertz CT molecular complexity index is 4640. The molecule has 0 aliphatic rings. The van der Waals surface area contributed by atoms with Gasteiger partial charge in [-0.25, -0.2) is 9.97 Å². The Hall–Kier alpha value is -9.00. The summed E-state index contributed by atoms with van der Waals surface area (Å²) in [5.74, 6) is 0. The number of fused-ring (bicyclic) bond motifs is 16. The van der Waals surface area contributed by atoms with E-state index < -0.39 is 0 Å². The number of rotatable bonds is 6. The van der Waals surface area contributed by atoms with Gasteiger partial charge in [-0.1, -0.05) is 163 Å². The van der Waals surface area contributed by atoms with E-state index in [4.69, 9.17) is 9.97 Å². The SMILES string of the molecule is CC(C)(C)c1cc(N(c2ccccc2)c2ccccc2)c2c(c1)c1c3ccccc3cc3c4nc5c(nc4n2c31)c1c2ccccc2cc2c3cc(C(C)(C)C)cc(N(c4ccccc4)c4ccccc4)c3n5c21. The Morgan fingerprint density at radius 1 is 0.324 bits per heavy atom. The van der Waals surface area contributed by atoms with Gasteiger partial charge < -0.3 is 9.80 Å². The first kappa shape index (κ1) is 42.7. The average molecular weight is 953 g/mol. The third kappa shape index (κ3) is 5.99. The van der Waals surface area contributed by atoms with Crippen LogP contribution in [0, 0.1) is 0 Å². The van der Waals surface area contributed by atoms with Gasteiger partial charge in [0, 0.05) is 55.1 Å². The van der Waals surface area contributed by atoms with Crippen LogP contribution >= 0.6 is 0 Å². The van der Waals surface area contributed by atoms with E-state index in [2.05, 4.69) is 266 Å². The third-order valence-corrected chi connectivity index (χ3v) is 15.7. The Balaban J connectivity index is 1.17. The second kappa shape index (κ2) is 15.3. The van der Waals surface area contributed by atoms with Gasteiger partial charge in [-0.15, -0.1) is 0 Å². The zero-order chi connectivity index (χ0) is 49.8. The predicted molar refractivity (Wildman–Crippen MR) is 313 cm³/mol. The molecule has 0 aliphatic heterocycles. The molecule has 74 heavy (non-hydrogen) atoms. The number of aromatic nitrogens is 4. The fourth-order valence-electron chi connectivity index (χ4n) is 12.2. The smallest absolute Gasteiger partial charge is 0.165 e. The van der Waals surface area contributed by atoms with Crippen molar-refractivity contribution in [1.82, 2.24) is 18.8 Å². The Labute approximate surface area is 428 Å². The van der Waals surface area contributed by atoms with Crippen molar-refractivity contribution >= 4 is 132 Å². The molecule has 10 aromatic carbocycles. The zero-order valence-corrected chi connectivity index (χ0v) is 42.3. The maximum atomic E-state index is 6.07. The van der Waals surface area contributed by atoms with Crippen molar-refractivity contribution in [3.63, 3.8) is 0 Å². The molecule has 0 atom stereocenters. The van der Waals surface area contributed by atoms with E-state index in [9.17, 15) is 0 Å². The van der Waals surface area contributed by atoms with Crippen LogP contribution in [0.3, 0.4) is 0 Å². The third-order valence-electron chi connectivity index (χ3n) is 15.7. The number of para-hydroxylation sites is 4. The first-order valence-corrected chi connectivity index (χ1v) is 25.8. The summed E-state index contributed by atoms with van der Waals surface area (Å²) < 4.78 is 4.94. The van der Waals surface area contributed by atoms with Gasteiger partial charge >= 0.3 is 0 Å². The van der Waals surface area contributed by atoms with Gasteiger partial charge in [0.05, 0.1) is 33.4 Å².